The molecule has 0 saturated carbocycles. The number of anilines is 5. The molecule has 2 aromatic carbocycles. The van der Waals surface area contributed by atoms with Gasteiger partial charge in [-0.1, -0.05) is 23.7 Å². The van der Waals surface area contributed by atoms with Gasteiger partial charge in [0.15, 0.2) is 11.6 Å². The van der Waals surface area contributed by atoms with Crippen molar-refractivity contribution < 1.29 is 23.6 Å². The zero-order valence-electron chi connectivity index (χ0n) is 29.4. The van der Waals surface area contributed by atoms with Crippen LogP contribution in [0.4, 0.5) is 33.6 Å². The Kier molecular flexibility index (Phi) is 11.1. The lowest BCUT2D eigenvalue weighted by Gasteiger charge is -2.43. The first-order chi connectivity index (χ1) is 23.1. The zero-order chi connectivity index (χ0) is 35.5. The molecule has 1 aromatic heterocycles. The van der Waals surface area contributed by atoms with Gasteiger partial charge < -0.3 is 34.5 Å². The molecule has 49 heavy (non-hydrogen) atoms. The summed E-state index contributed by atoms with van der Waals surface area (Å²) in [6.45, 7) is 15.1. The van der Waals surface area contributed by atoms with Crippen LogP contribution in [-0.4, -0.2) is 103 Å². The van der Waals surface area contributed by atoms with Crippen molar-refractivity contribution >= 4 is 64.8 Å². The van der Waals surface area contributed by atoms with Crippen LogP contribution in [-0.2, 0) is 9.30 Å². The lowest BCUT2D eigenvalue weighted by Crippen LogP contribution is -2.55. The molecule has 264 valence electrons. The van der Waals surface area contributed by atoms with E-state index in [-0.39, 0.29) is 17.8 Å². The highest BCUT2D eigenvalue weighted by Gasteiger charge is 2.32. The molecule has 0 spiro atoms. The van der Waals surface area contributed by atoms with Crippen LogP contribution in [0.1, 0.15) is 50.9 Å². The SMILES string of the molecule is COc1cc(N2CCC(N3CCN(C(=O)OC(C)(C)C)CC3)CC2)c(C(C)=O)cc1Nc1ncc(Cl)c(Nc2ccccc2P(C)(C)=O)n1. The topological polar surface area (TPSA) is 129 Å². The number of carbonyl (C=O) groups excluding carboxylic acids is 2. The molecule has 14 heteroatoms. The van der Waals surface area contributed by atoms with Gasteiger partial charge in [0.2, 0.25) is 5.95 Å². The molecule has 3 heterocycles. The number of para-hydroxylation sites is 1. The number of aromatic nitrogens is 2. The highest BCUT2D eigenvalue weighted by Crippen LogP contribution is 2.40. The summed E-state index contributed by atoms with van der Waals surface area (Å²) in [5.74, 6) is 1.06. The van der Waals surface area contributed by atoms with E-state index in [1.807, 2.05) is 51.1 Å². The lowest BCUT2D eigenvalue weighted by atomic mass is 9.99. The minimum atomic E-state index is -2.58. The van der Waals surface area contributed by atoms with Crippen molar-refractivity contribution in [3.63, 3.8) is 0 Å². The molecular weight excluding hydrogens is 665 g/mol. The fourth-order valence-corrected chi connectivity index (χ4v) is 7.55. The molecule has 3 aromatic rings. The van der Waals surface area contributed by atoms with E-state index in [0.29, 0.717) is 58.0 Å². The van der Waals surface area contributed by atoms with Gasteiger partial charge in [0.25, 0.3) is 0 Å². The van der Waals surface area contributed by atoms with E-state index in [1.54, 1.807) is 38.3 Å². The number of carbonyl (C=O) groups is 2. The van der Waals surface area contributed by atoms with Crippen molar-refractivity contribution in [2.75, 3.05) is 75.2 Å². The van der Waals surface area contributed by atoms with Gasteiger partial charge in [-0.3, -0.25) is 9.69 Å². The summed E-state index contributed by atoms with van der Waals surface area (Å²) in [6, 6.07) is 11.4. The molecule has 2 aliphatic rings. The Morgan fingerprint density at radius 3 is 2.27 bits per heavy atom. The summed E-state index contributed by atoms with van der Waals surface area (Å²) in [5.41, 5.74) is 2.06. The van der Waals surface area contributed by atoms with E-state index in [1.165, 1.54) is 6.20 Å². The Morgan fingerprint density at radius 2 is 1.65 bits per heavy atom. The second kappa shape index (κ2) is 14.9. The number of piperazine rings is 1. The monoisotopic (exact) mass is 711 g/mol. The van der Waals surface area contributed by atoms with Crippen molar-refractivity contribution in [3.05, 3.63) is 53.2 Å². The van der Waals surface area contributed by atoms with Crippen LogP contribution in [0, 0.1) is 0 Å². The fraction of sp³-hybridized carbons (Fsp3) is 0.486. The third kappa shape index (κ3) is 9.04. The number of Topliss-reactive ketones (excluding diaryl/α,β-unsaturated/α-hetero) is 1. The third-order valence-corrected chi connectivity index (χ3v) is 10.5. The smallest absolute Gasteiger partial charge is 0.410 e. The summed E-state index contributed by atoms with van der Waals surface area (Å²) >= 11 is 6.46. The van der Waals surface area contributed by atoms with E-state index >= 15 is 0 Å². The first-order valence-electron chi connectivity index (χ1n) is 16.5. The Balaban J connectivity index is 1.28. The van der Waals surface area contributed by atoms with E-state index in [9.17, 15) is 14.2 Å². The summed E-state index contributed by atoms with van der Waals surface area (Å²) in [4.78, 5) is 41.0. The first kappa shape index (κ1) is 36.4. The van der Waals surface area contributed by atoms with Crippen molar-refractivity contribution in [2.45, 2.75) is 52.2 Å². The minimum Gasteiger partial charge on any atom is -0.494 e. The van der Waals surface area contributed by atoms with Gasteiger partial charge in [0.05, 0.1) is 30.4 Å². The van der Waals surface area contributed by atoms with Crippen LogP contribution < -0.4 is 25.6 Å². The number of piperidine rings is 1. The first-order valence-corrected chi connectivity index (χ1v) is 19.5. The predicted octanol–water partition coefficient (Wildman–Crippen LogP) is 6.60. The van der Waals surface area contributed by atoms with Gasteiger partial charge in [0.1, 0.15) is 23.5 Å². The van der Waals surface area contributed by atoms with Crippen molar-refractivity contribution in [2.24, 2.45) is 0 Å². The molecule has 0 atom stereocenters. The maximum Gasteiger partial charge on any atom is 0.410 e. The number of hydrogen-bond donors (Lipinski definition) is 2. The van der Waals surface area contributed by atoms with Crippen molar-refractivity contribution in [3.8, 4) is 5.75 Å². The quantitative estimate of drug-likeness (QED) is 0.184. The molecule has 2 N–H and O–H groups in total. The van der Waals surface area contributed by atoms with E-state index in [4.69, 9.17) is 21.1 Å². The van der Waals surface area contributed by atoms with Gasteiger partial charge in [0, 0.05) is 62.2 Å². The van der Waals surface area contributed by atoms with Crippen LogP contribution in [0.25, 0.3) is 0 Å². The number of rotatable bonds is 9. The molecule has 2 saturated heterocycles. The molecule has 12 nitrogen and oxygen atoms in total. The van der Waals surface area contributed by atoms with Crippen molar-refractivity contribution in [1.29, 1.82) is 0 Å². The zero-order valence-corrected chi connectivity index (χ0v) is 31.0. The summed E-state index contributed by atoms with van der Waals surface area (Å²) < 4.78 is 24.2. The third-order valence-electron chi connectivity index (χ3n) is 8.71. The largest absolute Gasteiger partial charge is 0.494 e. The number of ketones is 1. The molecule has 0 bridgehead atoms. The van der Waals surface area contributed by atoms with Crippen LogP contribution in [0.3, 0.4) is 0 Å². The Labute approximate surface area is 293 Å². The van der Waals surface area contributed by atoms with Crippen LogP contribution in [0.5, 0.6) is 5.75 Å². The number of hydrogen-bond acceptors (Lipinski definition) is 11. The summed E-state index contributed by atoms with van der Waals surface area (Å²) in [5, 5.41) is 7.40. The van der Waals surface area contributed by atoms with Crippen molar-refractivity contribution in [1.82, 2.24) is 19.8 Å². The molecule has 5 rings (SSSR count). The summed E-state index contributed by atoms with van der Waals surface area (Å²) in [6.07, 6.45) is 3.11. The molecule has 1 amide bonds. The molecule has 0 aliphatic carbocycles. The number of ether oxygens (including phenoxy) is 2. The lowest BCUT2D eigenvalue weighted by molar-refractivity contribution is 0.00900. The molecular formula is C35H47ClN7O5P. The maximum atomic E-state index is 13.0. The Bertz CT molecular complexity index is 1730. The minimum absolute atomic E-state index is 0.0689. The average Bonchev–Trinajstić information content (AvgIpc) is 3.05. The number of nitrogens with zero attached hydrogens (tertiary/aromatic N) is 5. The molecule has 2 fully saturated rings. The van der Waals surface area contributed by atoms with E-state index in [2.05, 4.69) is 30.4 Å². The molecule has 2 aliphatic heterocycles. The van der Waals surface area contributed by atoms with Gasteiger partial charge in [-0.05, 0) is 72.1 Å². The predicted molar refractivity (Wildman–Crippen MR) is 197 cm³/mol. The normalized spacial score (nSPS) is 16.3. The number of methoxy groups -OCH3 is 1. The average molecular weight is 712 g/mol. The number of benzene rings is 2. The second-order valence-corrected chi connectivity index (χ2v) is 17.4. The number of nitrogens with one attached hydrogen (secondary N) is 2. The van der Waals surface area contributed by atoms with Crippen LogP contribution >= 0.6 is 18.7 Å². The molecule has 0 unspecified atom stereocenters. The Morgan fingerprint density at radius 1 is 0.980 bits per heavy atom. The van der Waals surface area contributed by atoms with Gasteiger partial charge in [-0.25, -0.2) is 9.78 Å². The standard InChI is InChI=1S/C35H47ClN7O5P/c1-23(44)25-20-28(39-33-37-22-26(36)32(40-33)38-27-10-8-9-11-31(27)49(6,7)46)30(47-5)21-29(25)42-14-12-24(13-15-42)41-16-18-43(19-17-41)34(45)48-35(2,3)4/h8-11,20-22,24H,12-19H2,1-7H3,(H2,37,38,39,40). The van der Waals surface area contributed by atoms with Crippen LogP contribution in [0.2, 0.25) is 5.02 Å². The maximum absolute atomic E-state index is 13.0. The fourth-order valence-electron chi connectivity index (χ4n) is 6.26. The Hall–Kier alpha value is -3.86. The van der Waals surface area contributed by atoms with E-state index in [0.717, 1.165) is 44.7 Å². The summed E-state index contributed by atoms with van der Waals surface area (Å²) in [7, 11) is -0.991. The molecule has 0 radical (unpaired) electrons. The number of halogens is 1. The second-order valence-electron chi connectivity index (χ2n) is 13.9. The van der Waals surface area contributed by atoms with E-state index < -0.39 is 12.7 Å². The van der Waals surface area contributed by atoms with Gasteiger partial charge in [-0.15, -0.1) is 0 Å². The van der Waals surface area contributed by atoms with Crippen LogP contribution in [0.15, 0.2) is 42.6 Å². The highest BCUT2D eigenvalue weighted by molar-refractivity contribution is 7.70. The van der Waals surface area contributed by atoms with Gasteiger partial charge >= 0.3 is 6.09 Å². The number of amides is 1. The highest BCUT2D eigenvalue weighted by atomic mass is 35.5. The van der Waals surface area contributed by atoms with Gasteiger partial charge in [-0.2, -0.15) is 4.98 Å².